The largest absolute Gasteiger partial charge is 0.493 e. The molecule has 1 fully saturated rings. The lowest BCUT2D eigenvalue weighted by atomic mass is 9.77. The maximum absolute atomic E-state index is 13.1. The molecule has 2 aromatic rings. The van der Waals surface area contributed by atoms with Crippen LogP contribution in [0.4, 0.5) is 5.69 Å². The maximum Gasteiger partial charge on any atom is 0.235 e. The highest BCUT2D eigenvalue weighted by Gasteiger charge is 2.42. The summed E-state index contributed by atoms with van der Waals surface area (Å²) in [5.74, 6) is 0.912. The van der Waals surface area contributed by atoms with Gasteiger partial charge in [-0.05, 0) is 49.6 Å². The summed E-state index contributed by atoms with van der Waals surface area (Å²) in [5, 5.41) is 3.91. The predicted molar refractivity (Wildman–Crippen MR) is 106 cm³/mol. The number of hydrogen-bond donors (Lipinski definition) is 1. The van der Waals surface area contributed by atoms with Crippen molar-refractivity contribution in [2.24, 2.45) is 0 Å². The minimum Gasteiger partial charge on any atom is -0.493 e. The third-order valence-electron chi connectivity index (χ3n) is 4.95. The fourth-order valence-corrected chi connectivity index (χ4v) is 3.70. The van der Waals surface area contributed by atoms with Crippen LogP contribution >= 0.6 is 15.9 Å². The van der Waals surface area contributed by atoms with Crippen molar-refractivity contribution in [2.75, 3.05) is 17.3 Å². The highest BCUT2D eigenvalue weighted by atomic mass is 79.9. The van der Waals surface area contributed by atoms with Crippen molar-refractivity contribution >= 4 is 27.5 Å². The fourth-order valence-electron chi connectivity index (χ4n) is 3.54. The van der Waals surface area contributed by atoms with Crippen LogP contribution in [0.2, 0.25) is 0 Å². The first-order valence-corrected chi connectivity index (χ1v) is 9.94. The normalized spacial score (nSPS) is 15.8. The number of amides is 1. The number of hydrogen-bond acceptors (Lipinski definition) is 2. The Kier molecular flexibility index (Phi) is 5.79. The quantitative estimate of drug-likeness (QED) is 0.673. The van der Waals surface area contributed by atoms with Crippen LogP contribution in [-0.2, 0) is 10.2 Å². The smallest absolute Gasteiger partial charge is 0.235 e. The van der Waals surface area contributed by atoms with E-state index in [0.29, 0.717) is 6.61 Å². The van der Waals surface area contributed by atoms with Crippen LogP contribution in [0.3, 0.4) is 0 Å². The van der Waals surface area contributed by atoms with Gasteiger partial charge < -0.3 is 10.1 Å². The summed E-state index contributed by atoms with van der Waals surface area (Å²) >= 11 is 3.34. The predicted octanol–water partition coefficient (Wildman–Crippen LogP) is 5.22. The van der Waals surface area contributed by atoms with Gasteiger partial charge in [-0.3, -0.25) is 4.79 Å². The Labute approximate surface area is 157 Å². The molecule has 0 saturated heterocycles. The van der Waals surface area contributed by atoms with E-state index in [9.17, 15) is 4.79 Å². The average molecular weight is 402 g/mol. The second-order valence-electron chi connectivity index (χ2n) is 6.67. The molecular weight excluding hydrogens is 378 g/mol. The molecule has 3 rings (SSSR count). The zero-order chi connectivity index (χ0) is 17.7. The lowest BCUT2D eigenvalue weighted by molar-refractivity contribution is -0.121. The van der Waals surface area contributed by atoms with Gasteiger partial charge in [0.25, 0.3) is 0 Å². The van der Waals surface area contributed by atoms with Crippen molar-refractivity contribution in [3.05, 3.63) is 59.7 Å². The number of anilines is 1. The summed E-state index contributed by atoms with van der Waals surface area (Å²) in [6.07, 6.45) is 4.02. The molecule has 1 saturated carbocycles. The van der Waals surface area contributed by atoms with Crippen molar-refractivity contribution in [1.82, 2.24) is 0 Å². The minimum atomic E-state index is -0.404. The first kappa shape index (κ1) is 18.0. The van der Waals surface area contributed by atoms with Gasteiger partial charge in [-0.25, -0.2) is 0 Å². The van der Waals surface area contributed by atoms with Crippen LogP contribution in [-0.4, -0.2) is 17.8 Å². The Morgan fingerprint density at radius 2 is 1.72 bits per heavy atom. The molecule has 4 heteroatoms. The molecular formula is C21H24BrNO2. The summed E-state index contributed by atoms with van der Waals surface area (Å²) in [7, 11) is 0. The fraction of sp³-hybridized carbons (Fsp3) is 0.381. The molecule has 1 aliphatic carbocycles. The molecule has 0 radical (unpaired) electrons. The molecule has 1 aliphatic rings. The number of rotatable bonds is 6. The Hall–Kier alpha value is -1.81. The highest BCUT2D eigenvalue weighted by Crippen LogP contribution is 2.42. The molecule has 0 spiro atoms. The second-order valence-corrected chi connectivity index (χ2v) is 7.46. The van der Waals surface area contributed by atoms with E-state index >= 15 is 0 Å². The van der Waals surface area contributed by atoms with Gasteiger partial charge in [0.2, 0.25) is 5.91 Å². The number of alkyl halides is 1. The summed E-state index contributed by atoms with van der Waals surface area (Å²) in [6, 6.07) is 16.0. The molecule has 0 heterocycles. The van der Waals surface area contributed by atoms with Crippen molar-refractivity contribution < 1.29 is 9.53 Å². The number of benzene rings is 2. The van der Waals surface area contributed by atoms with E-state index in [1.54, 1.807) is 0 Å². The van der Waals surface area contributed by atoms with Gasteiger partial charge in [0.15, 0.2) is 0 Å². The molecule has 0 aliphatic heterocycles. The Balaban J connectivity index is 1.76. The highest BCUT2D eigenvalue weighted by molar-refractivity contribution is 9.09. The maximum atomic E-state index is 13.1. The summed E-state index contributed by atoms with van der Waals surface area (Å²) < 4.78 is 5.56. The number of carbonyl (C=O) groups is 1. The SMILES string of the molecule is Cc1ccc(C2(C(=O)Nc3ccc(OCCBr)cc3)CCCC2)cc1. The molecule has 1 amide bonds. The number of nitrogens with one attached hydrogen (secondary N) is 1. The van der Waals surface area contributed by atoms with Gasteiger partial charge in [0.05, 0.1) is 12.0 Å². The van der Waals surface area contributed by atoms with E-state index in [1.165, 1.54) is 5.56 Å². The van der Waals surface area contributed by atoms with Crippen molar-refractivity contribution in [1.29, 1.82) is 0 Å². The van der Waals surface area contributed by atoms with Gasteiger partial charge in [-0.1, -0.05) is 58.6 Å². The molecule has 3 nitrogen and oxygen atoms in total. The van der Waals surface area contributed by atoms with Gasteiger partial charge >= 0.3 is 0 Å². The topological polar surface area (TPSA) is 38.3 Å². The van der Waals surface area contributed by atoms with E-state index in [-0.39, 0.29) is 5.91 Å². The average Bonchev–Trinajstić information content (AvgIpc) is 3.13. The van der Waals surface area contributed by atoms with Crippen LogP contribution in [0, 0.1) is 6.92 Å². The first-order chi connectivity index (χ1) is 12.1. The van der Waals surface area contributed by atoms with Crippen molar-refractivity contribution in [3.8, 4) is 5.75 Å². The molecule has 2 aromatic carbocycles. The lowest BCUT2D eigenvalue weighted by Crippen LogP contribution is -2.38. The van der Waals surface area contributed by atoms with Crippen LogP contribution in [0.25, 0.3) is 0 Å². The third-order valence-corrected chi connectivity index (χ3v) is 5.28. The monoisotopic (exact) mass is 401 g/mol. The molecule has 132 valence electrons. The van der Waals surface area contributed by atoms with Crippen LogP contribution in [0.1, 0.15) is 36.8 Å². The van der Waals surface area contributed by atoms with Gasteiger partial charge in [-0.2, -0.15) is 0 Å². The number of carbonyl (C=O) groups excluding carboxylic acids is 1. The van der Waals surface area contributed by atoms with Gasteiger partial charge in [0, 0.05) is 11.0 Å². The Bertz CT molecular complexity index is 704. The van der Waals surface area contributed by atoms with E-state index in [2.05, 4.69) is 52.4 Å². The molecule has 0 unspecified atom stereocenters. The zero-order valence-corrected chi connectivity index (χ0v) is 16.1. The Morgan fingerprint density at radius 1 is 1.08 bits per heavy atom. The Morgan fingerprint density at radius 3 is 2.32 bits per heavy atom. The summed E-state index contributed by atoms with van der Waals surface area (Å²) in [4.78, 5) is 13.1. The zero-order valence-electron chi connectivity index (χ0n) is 14.6. The van der Waals surface area contributed by atoms with Gasteiger partial charge in [-0.15, -0.1) is 0 Å². The van der Waals surface area contributed by atoms with Gasteiger partial charge in [0.1, 0.15) is 5.75 Å². The number of aryl methyl sites for hydroxylation is 1. The van der Waals surface area contributed by atoms with Crippen LogP contribution in [0.15, 0.2) is 48.5 Å². The molecule has 0 bridgehead atoms. The first-order valence-electron chi connectivity index (χ1n) is 8.81. The molecule has 0 atom stereocenters. The minimum absolute atomic E-state index is 0.1000. The van der Waals surface area contributed by atoms with Crippen LogP contribution in [0.5, 0.6) is 5.75 Å². The van der Waals surface area contributed by atoms with E-state index in [0.717, 1.165) is 48.0 Å². The third kappa shape index (κ3) is 4.06. The second kappa shape index (κ2) is 8.05. The van der Waals surface area contributed by atoms with E-state index in [1.807, 2.05) is 24.3 Å². The van der Waals surface area contributed by atoms with E-state index < -0.39 is 5.41 Å². The molecule has 0 aromatic heterocycles. The van der Waals surface area contributed by atoms with E-state index in [4.69, 9.17) is 4.74 Å². The number of halogens is 1. The number of ether oxygens (including phenoxy) is 1. The lowest BCUT2D eigenvalue weighted by Gasteiger charge is -2.28. The van der Waals surface area contributed by atoms with Crippen LogP contribution < -0.4 is 10.1 Å². The standard InChI is InChI=1S/C21H24BrNO2/c1-16-4-6-17(7-5-16)21(12-2-3-13-21)20(24)23-18-8-10-19(11-9-18)25-15-14-22/h4-11H,2-3,12-15H2,1H3,(H,23,24). The molecule has 25 heavy (non-hydrogen) atoms. The molecule has 1 N–H and O–H groups in total. The summed E-state index contributed by atoms with van der Waals surface area (Å²) in [5.41, 5.74) is 2.76. The van der Waals surface area contributed by atoms with Crippen molar-refractivity contribution in [3.63, 3.8) is 0 Å². The van der Waals surface area contributed by atoms with Crippen molar-refractivity contribution in [2.45, 2.75) is 38.0 Å². The summed E-state index contributed by atoms with van der Waals surface area (Å²) in [6.45, 7) is 2.70.